The molecule has 2 heterocycles. The maximum Gasteiger partial charge on any atom is 0.230 e. The summed E-state index contributed by atoms with van der Waals surface area (Å²) in [6, 6.07) is 44.7. The molecule has 1 fully saturated rings. The molecule has 7 heteroatoms. The number of nitrogens with zero attached hydrogens (tertiary/aromatic N) is 3. The van der Waals surface area contributed by atoms with Gasteiger partial charge in [-0.2, -0.15) is 10.4 Å². The van der Waals surface area contributed by atoms with Crippen LogP contribution in [-0.4, -0.2) is 28.8 Å². The Morgan fingerprint density at radius 3 is 2.12 bits per heavy atom. The van der Waals surface area contributed by atoms with Gasteiger partial charge in [-0.05, 0) is 71.5 Å². The summed E-state index contributed by atoms with van der Waals surface area (Å²) in [5.41, 5.74) is 5.13. The molecule has 0 bridgehead atoms. The minimum absolute atomic E-state index is 0.0414. The van der Waals surface area contributed by atoms with E-state index in [9.17, 15) is 10.1 Å². The van der Waals surface area contributed by atoms with Gasteiger partial charge in [0.15, 0.2) is 5.82 Å². The summed E-state index contributed by atoms with van der Waals surface area (Å²) in [6.45, 7) is 3.70. The Morgan fingerprint density at radius 1 is 0.917 bits per heavy atom. The van der Waals surface area contributed by atoms with Crippen molar-refractivity contribution < 1.29 is 4.79 Å². The monoisotopic (exact) mass is 649 g/mol. The number of amides is 1. The van der Waals surface area contributed by atoms with Gasteiger partial charge in [0.1, 0.15) is 5.54 Å². The Kier molecular flexibility index (Phi) is 8.82. The Balaban J connectivity index is 1.52. The molecule has 1 amide bonds. The molecule has 6 aromatic rings. The van der Waals surface area contributed by atoms with Gasteiger partial charge in [0.2, 0.25) is 5.91 Å². The van der Waals surface area contributed by atoms with Crippen molar-refractivity contribution in [2.75, 3.05) is 18.4 Å². The van der Waals surface area contributed by atoms with Crippen LogP contribution in [0, 0.1) is 23.2 Å². The summed E-state index contributed by atoms with van der Waals surface area (Å²) < 4.78 is 2.06. The van der Waals surface area contributed by atoms with Crippen LogP contribution in [0.1, 0.15) is 42.0 Å². The highest BCUT2D eigenvalue weighted by Gasteiger charge is 2.41. The Hall–Kier alpha value is -5.22. The van der Waals surface area contributed by atoms with Crippen molar-refractivity contribution in [1.29, 1.82) is 5.26 Å². The fraction of sp³-hybridized carbons (Fsp3) is 0.195. The number of piperidine rings is 1. The third-order valence-electron chi connectivity index (χ3n) is 9.71. The number of benzene rings is 5. The van der Waals surface area contributed by atoms with Gasteiger partial charge in [-0.1, -0.05) is 122 Å². The first-order valence-electron chi connectivity index (χ1n) is 16.5. The molecule has 5 aromatic carbocycles. The topological polar surface area (TPSA) is 82.7 Å². The second kappa shape index (κ2) is 13.5. The number of halogens is 1. The largest absolute Gasteiger partial charge is 0.316 e. The number of nitriles is 1. The lowest BCUT2D eigenvalue weighted by Gasteiger charge is -2.37. The maximum atomic E-state index is 14.1. The number of nitrogens with one attached hydrogen (secondary N) is 2. The standard InChI is InChI=1S/C41H36ClN5O/c1-2-29-22-23-44-27-36(29)40(48)45-39-35-25-30(34-24-28(26-43)18-20-37(34)42)19-21-38(35)47(46-39)41(31-12-6-3-7-13-31,32-14-8-4-9-15-32)33-16-10-5-11-17-33/h3-21,24-25,29,36,44H,2,22-23,27H2,1H3,(H,45,46,48). The lowest BCUT2D eigenvalue weighted by atomic mass is 9.77. The van der Waals surface area contributed by atoms with Crippen molar-refractivity contribution in [1.82, 2.24) is 15.1 Å². The quantitative estimate of drug-likeness (QED) is 0.162. The number of fused-ring (bicyclic) bond motifs is 1. The number of rotatable bonds is 8. The minimum atomic E-state index is -0.886. The van der Waals surface area contributed by atoms with E-state index in [0.29, 0.717) is 28.9 Å². The molecule has 0 spiro atoms. The molecule has 238 valence electrons. The predicted octanol–water partition coefficient (Wildman–Crippen LogP) is 8.64. The predicted molar refractivity (Wildman–Crippen MR) is 193 cm³/mol. The molecule has 0 radical (unpaired) electrons. The summed E-state index contributed by atoms with van der Waals surface area (Å²) >= 11 is 6.71. The van der Waals surface area contributed by atoms with Gasteiger partial charge in [0, 0.05) is 22.5 Å². The molecule has 2 N–H and O–H groups in total. The van der Waals surface area contributed by atoms with Crippen LogP contribution in [0.5, 0.6) is 0 Å². The van der Waals surface area contributed by atoms with Gasteiger partial charge < -0.3 is 10.6 Å². The van der Waals surface area contributed by atoms with Crippen molar-refractivity contribution in [3.63, 3.8) is 0 Å². The number of anilines is 1. The lowest BCUT2D eigenvalue weighted by Crippen LogP contribution is -2.43. The number of carbonyl (C=O) groups is 1. The summed E-state index contributed by atoms with van der Waals surface area (Å²) in [7, 11) is 0. The molecular formula is C41H36ClN5O. The van der Waals surface area contributed by atoms with Crippen LogP contribution in [0.2, 0.25) is 5.02 Å². The van der Waals surface area contributed by atoms with Crippen LogP contribution in [0.3, 0.4) is 0 Å². The first kappa shape index (κ1) is 31.4. The third kappa shape index (κ3) is 5.56. The van der Waals surface area contributed by atoms with Gasteiger partial charge in [-0.3, -0.25) is 4.79 Å². The van der Waals surface area contributed by atoms with Crippen LogP contribution in [0.25, 0.3) is 22.0 Å². The van der Waals surface area contributed by atoms with Gasteiger partial charge in [0.05, 0.1) is 23.1 Å². The van der Waals surface area contributed by atoms with E-state index in [1.54, 1.807) is 18.2 Å². The zero-order chi connectivity index (χ0) is 33.1. The average Bonchev–Trinajstić information content (AvgIpc) is 3.50. The second-order valence-electron chi connectivity index (χ2n) is 12.4. The van der Waals surface area contributed by atoms with E-state index in [0.717, 1.165) is 58.1 Å². The van der Waals surface area contributed by atoms with E-state index in [1.807, 2.05) is 72.8 Å². The van der Waals surface area contributed by atoms with Crippen molar-refractivity contribution in [2.24, 2.45) is 11.8 Å². The van der Waals surface area contributed by atoms with Gasteiger partial charge in [-0.15, -0.1) is 0 Å². The highest BCUT2D eigenvalue weighted by atomic mass is 35.5. The summed E-state index contributed by atoms with van der Waals surface area (Å²) in [6.07, 6.45) is 1.90. The second-order valence-corrected chi connectivity index (χ2v) is 12.8. The van der Waals surface area contributed by atoms with Crippen molar-refractivity contribution in [3.8, 4) is 17.2 Å². The summed E-state index contributed by atoms with van der Waals surface area (Å²) in [5.74, 6) is 0.563. The average molecular weight is 650 g/mol. The summed E-state index contributed by atoms with van der Waals surface area (Å²) in [5, 5.41) is 23.0. The molecule has 1 aliphatic heterocycles. The first-order chi connectivity index (χ1) is 23.5. The van der Waals surface area contributed by atoms with Gasteiger partial charge in [0.25, 0.3) is 0 Å². The normalized spacial score (nSPS) is 16.4. The van der Waals surface area contributed by atoms with Gasteiger partial charge >= 0.3 is 0 Å². The van der Waals surface area contributed by atoms with Crippen molar-refractivity contribution in [2.45, 2.75) is 25.3 Å². The number of hydrogen-bond acceptors (Lipinski definition) is 4. The molecule has 2 unspecified atom stereocenters. The molecule has 1 aliphatic rings. The summed E-state index contributed by atoms with van der Waals surface area (Å²) in [4.78, 5) is 14.1. The zero-order valence-electron chi connectivity index (χ0n) is 26.7. The molecule has 0 saturated carbocycles. The molecule has 2 atom stereocenters. The number of hydrogen-bond donors (Lipinski definition) is 2. The molecule has 1 aromatic heterocycles. The van der Waals surface area contributed by atoms with Crippen LogP contribution >= 0.6 is 11.6 Å². The van der Waals surface area contributed by atoms with E-state index in [-0.39, 0.29) is 11.8 Å². The highest BCUT2D eigenvalue weighted by Crippen LogP contribution is 2.44. The Morgan fingerprint density at radius 2 is 1.54 bits per heavy atom. The molecular weight excluding hydrogens is 614 g/mol. The van der Waals surface area contributed by atoms with E-state index < -0.39 is 5.54 Å². The van der Waals surface area contributed by atoms with Crippen molar-refractivity contribution in [3.05, 3.63) is 155 Å². The molecule has 6 nitrogen and oxygen atoms in total. The van der Waals surface area contributed by atoms with Gasteiger partial charge in [-0.25, -0.2) is 4.68 Å². The first-order valence-corrected chi connectivity index (χ1v) is 16.8. The molecule has 1 saturated heterocycles. The fourth-order valence-corrected chi connectivity index (χ4v) is 7.50. The zero-order valence-corrected chi connectivity index (χ0v) is 27.5. The number of aromatic nitrogens is 2. The van der Waals surface area contributed by atoms with Crippen LogP contribution in [-0.2, 0) is 10.3 Å². The van der Waals surface area contributed by atoms with E-state index in [1.165, 1.54) is 0 Å². The van der Waals surface area contributed by atoms with Crippen LogP contribution in [0.15, 0.2) is 127 Å². The third-order valence-corrected chi connectivity index (χ3v) is 10.0. The maximum absolute atomic E-state index is 14.1. The van der Waals surface area contributed by atoms with Crippen molar-refractivity contribution >= 4 is 34.2 Å². The SMILES string of the molecule is CCC1CCNCC1C(=O)Nc1nn(C(c2ccccc2)(c2ccccc2)c2ccccc2)c2ccc(-c3cc(C#N)ccc3Cl)cc12. The highest BCUT2D eigenvalue weighted by molar-refractivity contribution is 6.33. The Bertz CT molecular complexity index is 2010. The van der Waals surface area contributed by atoms with Crippen LogP contribution < -0.4 is 10.6 Å². The minimum Gasteiger partial charge on any atom is -0.316 e. The number of carbonyl (C=O) groups excluding carboxylic acids is 1. The molecule has 7 rings (SSSR count). The lowest BCUT2D eigenvalue weighted by molar-refractivity contribution is -0.122. The molecule has 48 heavy (non-hydrogen) atoms. The smallest absolute Gasteiger partial charge is 0.230 e. The molecule has 0 aliphatic carbocycles. The van der Waals surface area contributed by atoms with E-state index >= 15 is 0 Å². The van der Waals surface area contributed by atoms with Crippen LogP contribution in [0.4, 0.5) is 5.82 Å². The van der Waals surface area contributed by atoms with E-state index in [4.69, 9.17) is 16.7 Å². The Labute approximate surface area is 286 Å². The fourth-order valence-electron chi connectivity index (χ4n) is 7.27. The van der Waals surface area contributed by atoms with E-state index in [2.05, 4.69) is 64.7 Å².